The van der Waals surface area contributed by atoms with Crippen molar-refractivity contribution >= 4 is 109 Å². The van der Waals surface area contributed by atoms with Gasteiger partial charge in [0.2, 0.25) is 0 Å². The van der Waals surface area contributed by atoms with Gasteiger partial charge in [-0.25, -0.2) is 0 Å². The minimum Gasteiger partial charge on any atom is -0.548 e. The second-order valence-electron chi connectivity index (χ2n) is 6.83. The summed E-state index contributed by atoms with van der Waals surface area (Å²) in [6.45, 7) is 0. The standard InChI is InChI=1S/4C5H11NO2S.Ca.Zn/c4*1-9-3-2-4(6)5(7)8;;/h4*4H,2-3,6H2,1H3,(H,7,8);;/q;;;;2*+2/p-4/t4*4-;;/m0000../s1. The quantitative estimate of drug-likeness (QED) is 0.110. The zero-order valence-corrected chi connectivity index (χ0v) is 31.0. The van der Waals surface area contributed by atoms with Crippen molar-refractivity contribution in [3.8, 4) is 0 Å². The van der Waals surface area contributed by atoms with Gasteiger partial charge in [-0.3, -0.25) is 0 Å². The van der Waals surface area contributed by atoms with Crippen LogP contribution in [0.5, 0.6) is 0 Å². The second kappa shape index (κ2) is 38.0. The maximum absolute atomic E-state index is 9.96. The van der Waals surface area contributed by atoms with Crippen LogP contribution in [0.1, 0.15) is 25.7 Å². The van der Waals surface area contributed by atoms with Crippen molar-refractivity contribution in [2.24, 2.45) is 22.9 Å². The summed E-state index contributed by atoms with van der Waals surface area (Å²) in [4.78, 5) is 39.8. The zero-order valence-electron chi connectivity index (χ0n) is 22.6. The first-order valence-corrected chi connectivity index (χ1v) is 16.1. The van der Waals surface area contributed by atoms with E-state index in [9.17, 15) is 39.6 Å². The Morgan fingerprint density at radius 2 is 0.632 bits per heavy atom. The van der Waals surface area contributed by atoms with Gasteiger partial charge in [0.25, 0.3) is 0 Å². The van der Waals surface area contributed by atoms with E-state index in [2.05, 4.69) is 0 Å². The van der Waals surface area contributed by atoms with E-state index in [0.29, 0.717) is 25.7 Å². The summed E-state index contributed by atoms with van der Waals surface area (Å²) in [5, 5.41) is 39.8. The Morgan fingerprint density at radius 3 is 0.711 bits per heavy atom. The number of hydrogen-bond acceptors (Lipinski definition) is 16. The monoisotopic (exact) mass is 696 g/mol. The molecule has 0 radical (unpaired) electrons. The first-order chi connectivity index (χ1) is 16.7. The van der Waals surface area contributed by atoms with Crippen molar-refractivity contribution in [2.75, 3.05) is 48.0 Å². The Bertz CT molecular complexity index is 497. The van der Waals surface area contributed by atoms with Gasteiger partial charge in [0.05, 0.1) is 23.9 Å². The van der Waals surface area contributed by atoms with Crippen molar-refractivity contribution in [3.63, 3.8) is 0 Å². The molecule has 216 valence electrons. The summed E-state index contributed by atoms with van der Waals surface area (Å²) in [5.41, 5.74) is 20.5. The topological polar surface area (TPSA) is 265 Å². The Hall–Kier alpha value is 1.00. The van der Waals surface area contributed by atoms with Gasteiger partial charge in [-0.05, 0) is 73.7 Å². The van der Waals surface area contributed by atoms with Gasteiger partial charge in [0.1, 0.15) is 0 Å². The maximum atomic E-state index is 9.96. The van der Waals surface area contributed by atoms with Gasteiger partial charge in [0, 0.05) is 24.2 Å². The van der Waals surface area contributed by atoms with Crippen LogP contribution in [0.15, 0.2) is 0 Å². The van der Waals surface area contributed by atoms with Crippen LogP contribution in [0.4, 0.5) is 0 Å². The van der Waals surface area contributed by atoms with E-state index in [1.807, 2.05) is 25.0 Å². The third-order valence-electron chi connectivity index (χ3n) is 3.74. The summed E-state index contributed by atoms with van der Waals surface area (Å²) in [6.07, 6.45) is 9.58. The van der Waals surface area contributed by atoms with Crippen LogP contribution in [0.3, 0.4) is 0 Å². The molecule has 38 heavy (non-hydrogen) atoms. The first kappa shape index (κ1) is 51.7. The van der Waals surface area contributed by atoms with E-state index >= 15 is 0 Å². The molecule has 0 unspecified atom stereocenters. The molecular formula is C20H40CaN4O8S4Zn. The third kappa shape index (κ3) is 44.0. The molecular weight excluding hydrogens is 658 g/mol. The molecule has 4 atom stereocenters. The summed E-state index contributed by atoms with van der Waals surface area (Å²) < 4.78 is 0. The molecule has 8 N–H and O–H groups in total. The van der Waals surface area contributed by atoms with Crippen molar-refractivity contribution in [3.05, 3.63) is 0 Å². The van der Waals surface area contributed by atoms with E-state index < -0.39 is 48.0 Å². The largest absolute Gasteiger partial charge is 2.00 e. The van der Waals surface area contributed by atoms with Crippen LogP contribution in [-0.4, -0.2) is 134 Å². The molecule has 0 aliphatic heterocycles. The van der Waals surface area contributed by atoms with Crippen LogP contribution in [0.25, 0.3) is 0 Å². The number of nitrogens with two attached hydrogens (primary N) is 4. The summed E-state index contributed by atoms with van der Waals surface area (Å²) in [5.74, 6) is -1.56. The van der Waals surface area contributed by atoms with Crippen molar-refractivity contribution in [1.82, 2.24) is 0 Å². The summed E-state index contributed by atoms with van der Waals surface area (Å²) in [6, 6.07) is -3.18. The minimum atomic E-state index is -1.16. The third-order valence-corrected chi connectivity index (χ3v) is 6.32. The molecule has 0 saturated carbocycles. The van der Waals surface area contributed by atoms with E-state index in [1.54, 1.807) is 47.0 Å². The molecule has 0 aliphatic rings. The van der Waals surface area contributed by atoms with E-state index in [4.69, 9.17) is 22.9 Å². The van der Waals surface area contributed by atoms with Gasteiger partial charge >= 0.3 is 57.2 Å². The molecule has 0 spiro atoms. The SMILES string of the molecule is CSCC[C@H](N)C(=O)[O-].CSCC[C@H](N)C(=O)[O-].CSCC[C@H](N)C(=O)[O-].CSCC[C@H](N)C(=O)[O-].[Ca+2].[Zn+2]. The molecule has 0 aromatic carbocycles. The average molecular weight is 698 g/mol. The molecule has 0 heterocycles. The van der Waals surface area contributed by atoms with Crippen LogP contribution in [0, 0.1) is 0 Å². The predicted octanol–water partition coefficient (Wildman–Crippen LogP) is -5.12. The Kier molecular flexibility index (Phi) is 51.7. The van der Waals surface area contributed by atoms with Crippen molar-refractivity contribution < 1.29 is 59.1 Å². The number of thioether (sulfide) groups is 4. The van der Waals surface area contributed by atoms with E-state index in [1.165, 1.54) is 0 Å². The normalized spacial score (nSPS) is 12.4. The smallest absolute Gasteiger partial charge is 0.548 e. The fourth-order valence-corrected chi connectivity index (χ4v) is 3.41. The molecule has 18 heteroatoms. The van der Waals surface area contributed by atoms with Gasteiger partial charge in [-0.15, -0.1) is 0 Å². The fraction of sp³-hybridized carbons (Fsp3) is 0.800. The van der Waals surface area contributed by atoms with Crippen LogP contribution >= 0.6 is 47.0 Å². The zero-order chi connectivity index (χ0) is 29.1. The first-order valence-electron chi connectivity index (χ1n) is 10.5. The predicted molar refractivity (Wildman–Crippen MR) is 150 cm³/mol. The Morgan fingerprint density at radius 1 is 0.500 bits per heavy atom. The van der Waals surface area contributed by atoms with Gasteiger partial charge < -0.3 is 62.5 Å². The number of rotatable bonds is 16. The molecule has 0 aromatic heterocycles. The Labute approximate surface area is 285 Å². The second-order valence-corrected chi connectivity index (χ2v) is 10.8. The fourth-order valence-electron chi connectivity index (χ4n) is 1.45. The molecule has 0 fully saturated rings. The van der Waals surface area contributed by atoms with Gasteiger partial charge in [-0.2, -0.15) is 47.0 Å². The average Bonchev–Trinajstić information content (AvgIpc) is 2.83. The van der Waals surface area contributed by atoms with E-state index in [0.717, 1.165) is 23.0 Å². The number of aliphatic carboxylic acids is 4. The van der Waals surface area contributed by atoms with Crippen LogP contribution < -0.4 is 43.4 Å². The number of carbonyl (C=O) groups excluding carboxylic acids is 4. The number of carboxylic acid groups (broad SMARTS) is 4. The number of carbonyl (C=O) groups is 4. The van der Waals surface area contributed by atoms with Gasteiger partial charge in [-0.1, -0.05) is 0 Å². The van der Waals surface area contributed by atoms with Crippen LogP contribution in [0.2, 0.25) is 0 Å². The number of carboxylic acids is 4. The summed E-state index contributed by atoms with van der Waals surface area (Å²) in [7, 11) is 0. The van der Waals surface area contributed by atoms with E-state index in [-0.39, 0.29) is 57.2 Å². The maximum Gasteiger partial charge on any atom is 2.00 e. The molecule has 0 aromatic rings. The molecule has 12 nitrogen and oxygen atoms in total. The number of hydrogen-bond donors (Lipinski definition) is 4. The summed E-state index contributed by atoms with van der Waals surface area (Å²) >= 11 is 6.30. The minimum absolute atomic E-state index is 0. The van der Waals surface area contributed by atoms with Crippen molar-refractivity contribution in [1.29, 1.82) is 0 Å². The molecule has 0 saturated heterocycles. The van der Waals surface area contributed by atoms with Gasteiger partial charge in [0.15, 0.2) is 0 Å². The van der Waals surface area contributed by atoms with Crippen LogP contribution in [-0.2, 0) is 38.7 Å². The van der Waals surface area contributed by atoms with Crippen molar-refractivity contribution in [2.45, 2.75) is 49.9 Å². The molecule has 0 amide bonds. The molecule has 0 aliphatic carbocycles. The molecule has 0 bridgehead atoms. The molecule has 0 rings (SSSR count). The Balaban J connectivity index is -0.0000000883.